The summed E-state index contributed by atoms with van der Waals surface area (Å²) in [6, 6.07) is 4.58. The average Bonchev–Trinajstić information content (AvgIpc) is 2.25. The summed E-state index contributed by atoms with van der Waals surface area (Å²) in [5.41, 5.74) is 4.86. The second-order valence-electron chi connectivity index (χ2n) is 3.46. The third-order valence-electron chi connectivity index (χ3n) is 2.01. The molecule has 0 radical (unpaired) electrons. The van der Waals surface area contributed by atoms with E-state index in [0.717, 1.165) is 12.1 Å². The zero-order valence-electron chi connectivity index (χ0n) is 9.64. The fourth-order valence-corrected chi connectivity index (χ4v) is 1.18. The van der Waals surface area contributed by atoms with Gasteiger partial charge in [0.25, 0.3) is 0 Å². The average molecular weight is 296 g/mol. The Bertz CT molecular complexity index is 443. The van der Waals surface area contributed by atoms with Gasteiger partial charge in [0.05, 0.1) is 5.56 Å². The van der Waals surface area contributed by atoms with Gasteiger partial charge in [-0.25, -0.2) is 0 Å². The van der Waals surface area contributed by atoms with Crippen LogP contribution in [0.25, 0.3) is 0 Å². The number of nitrogens with two attached hydrogens (primary N) is 1. The van der Waals surface area contributed by atoms with Crippen molar-refractivity contribution in [3.05, 3.63) is 35.4 Å². The van der Waals surface area contributed by atoms with E-state index in [1.54, 1.807) is 0 Å². The molecule has 5 nitrogen and oxygen atoms in total. The van der Waals surface area contributed by atoms with Gasteiger partial charge in [0.15, 0.2) is 11.9 Å². The van der Waals surface area contributed by atoms with Crippen LogP contribution in [-0.4, -0.2) is 11.9 Å². The molecule has 0 aliphatic rings. The predicted molar refractivity (Wildman–Crippen MR) is 68.3 cm³/mol. The number of benzene rings is 1. The molecule has 1 rings (SSSR count). The van der Waals surface area contributed by atoms with Gasteiger partial charge < -0.3 is 11.1 Å². The zero-order valence-corrected chi connectivity index (χ0v) is 10.5. The highest BCUT2D eigenvalue weighted by atomic mass is 35.5. The third-order valence-corrected chi connectivity index (χ3v) is 2.01. The van der Waals surface area contributed by atoms with E-state index in [9.17, 15) is 13.2 Å². The van der Waals surface area contributed by atoms with Crippen LogP contribution in [-0.2, 0) is 12.7 Å². The molecule has 9 heteroatoms. The SMILES string of the molecule is Cl.N=C(N)NC(=N)NCc1ccc(C(F)(F)F)cc1. The minimum absolute atomic E-state index is 0. The molecule has 0 unspecified atom stereocenters. The topological polar surface area (TPSA) is 97.8 Å². The number of hydrogen-bond acceptors (Lipinski definition) is 2. The van der Waals surface area contributed by atoms with Gasteiger partial charge >= 0.3 is 6.18 Å². The lowest BCUT2D eigenvalue weighted by molar-refractivity contribution is -0.137. The van der Waals surface area contributed by atoms with Crippen LogP contribution in [0.2, 0.25) is 0 Å². The van der Waals surface area contributed by atoms with Crippen molar-refractivity contribution in [1.29, 1.82) is 10.8 Å². The van der Waals surface area contributed by atoms with Gasteiger partial charge in [-0.2, -0.15) is 13.2 Å². The lowest BCUT2D eigenvalue weighted by Gasteiger charge is -2.10. The number of rotatable bonds is 2. The molecule has 0 amide bonds. The van der Waals surface area contributed by atoms with E-state index < -0.39 is 11.7 Å². The van der Waals surface area contributed by atoms with Gasteiger partial charge in [-0.05, 0) is 17.7 Å². The Labute approximate surface area is 113 Å². The Balaban J connectivity index is 0.00000324. The van der Waals surface area contributed by atoms with Gasteiger partial charge in [-0.3, -0.25) is 16.1 Å². The van der Waals surface area contributed by atoms with Crippen molar-refractivity contribution in [3.8, 4) is 0 Å². The molecule has 1 aromatic carbocycles. The highest BCUT2D eigenvalue weighted by molar-refractivity contribution is 5.94. The van der Waals surface area contributed by atoms with Crippen LogP contribution in [0.4, 0.5) is 13.2 Å². The summed E-state index contributed by atoms with van der Waals surface area (Å²) in [5.74, 6) is -0.581. The molecule has 0 aromatic heterocycles. The first-order valence-corrected chi connectivity index (χ1v) is 4.88. The largest absolute Gasteiger partial charge is 0.416 e. The maximum atomic E-state index is 12.3. The number of guanidine groups is 2. The van der Waals surface area contributed by atoms with Crippen molar-refractivity contribution < 1.29 is 13.2 Å². The van der Waals surface area contributed by atoms with Gasteiger partial charge in [-0.1, -0.05) is 12.1 Å². The first-order valence-electron chi connectivity index (χ1n) is 4.88. The Morgan fingerprint density at radius 1 is 1.16 bits per heavy atom. The van der Waals surface area contributed by atoms with E-state index in [0.29, 0.717) is 5.56 Å². The minimum atomic E-state index is -4.35. The zero-order chi connectivity index (χ0) is 13.8. The maximum Gasteiger partial charge on any atom is 0.416 e. The molecule has 0 spiro atoms. The molecule has 0 saturated carbocycles. The van der Waals surface area contributed by atoms with Crippen molar-refractivity contribution in [1.82, 2.24) is 10.6 Å². The molecule has 6 N–H and O–H groups in total. The molecule has 0 fully saturated rings. The third kappa shape index (κ3) is 5.96. The number of alkyl halides is 3. The van der Waals surface area contributed by atoms with Gasteiger partial charge in [0.1, 0.15) is 0 Å². The number of hydrogen-bond donors (Lipinski definition) is 5. The highest BCUT2D eigenvalue weighted by Gasteiger charge is 2.29. The summed E-state index contributed by atoms with van der Waals surface area (Å²) in [4.78, 5) is 0. The van der Waals surface area contributed by atoms with Gasteiger partial charge in [0, 0.05) is 6.54 Å². The molecule has 0 aliphatic heterocycles. The molecular formula is C10H13ClF3N5. The van der Waals surface area contributed by atoms with Crippen LogP contribution in [0.1, 0.15) is 11.1 Å². The minimum Gasteiger partial charge on any atom is -0.370 e. The first-order chi connectivity index (χ1) is 8.29. The van der Waals surface area contributed by atoms with E-state index in [-0.39, 0.29) is 30.9 Å². The first kappa shape index (κ1) is 17.0. The molecule has 0 heterocycles. The van der Waals surface area contributed by atoms with E-state index in [1.165, 1.54) is 12.1 Å². The lowest BCUT2D eigenvalue weighted by Crippen LogP contribution is -2.42. The molecule has 0 saturated heterocycles. The molecule has 1 aromatic rings. The molecular weight excluding hydrogens is 283 g/mol. The monoisotopic (exact) mass is 295 g/mol. The van der Waals surface area contributed by atoms with E-state index >= 15 is 0 Å². The Kier molecular flexibility index (Phi) is 6.13. The number of halogens is 4. The molecule has 0 atom stereocenters. The van der Waals surface area contributed by atoms with E-state index in [1.807, 2.05) is 0 Å². The van der Waals surface area contributed by atoms with Crippen molar-refractivity contribution in [2.75, 3.05) is 0 Å². The maximum absolute atomic E-state index is 12.3. The lowest BCUT2D eigenvalue weighted by atomic mass is 10.1. The standard InChI is InChI=1S/C10H12F3N5.ClH/c11-10(12,13)7-3-1-6(2-4-7)5-17-9(16)18-8(14)15;/h1-4H,5H2,(H6,14,15,16,17,18);1H. The molecule has 19 heavy (non-hydrogen) atoms. The summed E-state index contributed by atoms with van der Waals surface area (Å²) in [7, 11) is 0. The normalized spacial score (nSPS) is 10.3. The summed E-state index contributed by atoms with van der Waals surface area (Å²) < 4.78 is 36.8. The second-order valence-corrected chi connectivity index (χ2v) is 3.46. The molecule has 0 aliphatic carbocycles. The molecule has 0 bridgehead atoms. The van der Waals surface area contributed by atoms with Crippen LogP contribution in [0.5, 0.6) is 0 Å². The highest BCUT2D eigenvalue weighted by Crippen LogP contribution is 2.28. The smallest absolute Gasteiger partial charge is 0.370 e. The summed E-state index contributed by atoms with van der Waals surface area (Å²) in [5, 5.41) is 18.9. The molecule has 106 valence electrons. The van der Waals surface area contributed by atoms with Gasteiger partial charge in [0.2, 0.25) is 0 Å². The Morgan fingerprint density at radius 2 is 1.68 bits per heavy atom. The fraction of sp³-hybridized carbons (Fsp3) is 0.200. The summed E-state index contributed by atoms with van der Waals surface area (Å²) in [6.07, 6.45) is -4.35. The van der Waals surface area contributed by atoms with Gasteiger partial charge in [-0.15, -0.1) is 12.4 Å². The summed E-state index contributed by atoms with van der Waals surface area (Å²) in [6.45, 7) is 0.164. The van der Waals surface area contributed by atoms with Crippen molar-refractivity contribution in [2.24, 2.45) is 5.73 Å². The number of nitrogens with one attached hydrogen (secondary N) is 4. The quantitative estimate of drug-likeness (QED) is 0.424. The van der Waals surface area contributed by atoms with E-state index in [4.69, 9.17) is 16.6 Å². The van der Waals surface area contributed by atoms with Crippen molar-refractivity contribution in [3.63, 3.8) is 0 Å². The van der Waals surface area contributed by atoms with E-state index in [2.05, 4.69) is 10.6 Å². The van der Waals surface area contributed by atoms with Crippen LogP contribution >= 0.6 is 12.4 Å². The summed E-state index contributed by atoms with van der Waals surface area (Å²) >= 11 is 0. The Morgan fingerprint density at radius 3 is 2.11 bits per heavy atom. The van der Waals surface area contributed by atoms with Crippen molar-refractivity contribution in [2.45, 2.75) is 12.7 Å². The van der Waals surface area contributed by atoms with Crippen LogP contribution < -0.4 is 16.4 Å². The van der Waals surface area contributed by atoms with Crippen LogP contribution in [0, 0.1) is 10.8 Å². The second kappa shape index (κ2) is 6.83. The van der Waals surface area contributed by atoms with Crippen LogP contribution in [0.15, 0.2) is 24.3 Å². The van der Waals surface area contributed by atoms with Crippen molar-refractivity contribution >= 4 is 24.3 Å². The van der Waals surface area contributed by atoms with Crippen LogP contribution in [0.3, 0.4) is 0 Å². The fourth-order valence-electron chi connectivity index (χ4n) is 1.18. The Hall–Kier alpha value is -1.96. The predicted octanol–water partition coefficient (Wildman–Crippen LogP) is 1.63.